The van der Waals surface area contributed by atoms with Crippen LogP contribution in [-0.2, 0) is 4.79 Å². The van der Waals surface area contributed by atoms with Crippen LogP contribution in [-0.4, -0.2) is 11.7 Å². The molecular weight excluding hydrogens is 162 g/mol. The van der Waals surface area contributed by atoms with E-state index in [9.17, 15) is 13.6 Å². The van der Waals surface area contributed by atoms with Gasteiger partial charge in [-0.05, 0) is 19.8 Å². The van der Waals surface area contributed by atoms with Gasteiger partial charge in [0.25, 0.3) is 5.92 Å². The lowest BCUT2D eigenvalue weighted by Gasteiger charge is -2.44. The maximum atomic E-state index is 12.7. The number of halogens is 2. The van der Waals surface area contributed by atoms with Gasteiger partial charge in [0.05, 0.1) is 0 Å². The molecule has 68 valence electrons. The zero-order valence-corrected chi connectivity index (χ0v) is 7.29. The van der Waals surface area contributed by atoms with Crippen LogP contribution in [0.5, 0.6) is 0 Å². The Bertz CT molecular complexity index is 251. The number of carbonyl (C=O) groups excluding carboxylic acids is 1. The standard InChI is InChI=1S/C9H12F2O/c1-6(12)7(2)3-8(4-7)5-9(8,10)11/h3-5H2,1-2H3. The van der Waals surface area contributed by atoms with Gasteiger partial charge in [0.15, 0.2) is 0 Å². The summed E-state index contributed by atoms with van der Waals surface area (Å²) in [5.74, 6) is -2.42. The average molecular weight is 174 g/mol. The largest absolute Gasteiger partial charge is 0.299 e. The minimum absolute atomic E-state index is 0.00285. The Morgan fingerprint density at radius 2 is 1.67 bits per heavy atom. The fourth-order valence-corrected chi connectivity index (χ4v) is 2.46. The summed E-state index contributed by atoms with van der Waals surface area (Å²) >= 11 is 0. The quantitative estimate of drug-likeness (QED) is 0.596. The molecule has 0 amide bonds. The molecule has 0 unspecified atom stereocenters. The van der Waals surface area contributed by atoms with Gasteiger partial charge in [-0.2, -0.15) is 0 Å². The monoisotopic (exact) mass is 174 g/mol. The number of ketones is 1. The molecule has 0 aromatic heterocycles. The summed E-state index contributed by atoms with van der Waals surface area (Å²) in [6, 6.07) is 0. The molecule has 0 N–H and O–H groups in total. The van der Waals surface area contributed by atoms with E-state index in [1.807, 2.05) is 0 Å². The summed E-state index contributed by atoms with van der Waals surface area (Å²) < 4.78 is 25.5. The molecule has 2 aliphatic carbocycles. The van der Waals surface area contributed by atoms with Crippen LogP contribution in [0, 0.1) is 10.8 Å². The van der Waals surface area contributed by atoms with Crippen molar-refractivity contribution in [3.8, 4) is 0 Å². The third-order valence-electron chi connectivity index (χ3n) is 3.52. The van der Waals surface area contributed by atoms with Crippen molar-refractivity contribution in [2.24, 2.45) is 10.8 Å². The first-order valence-corrected chi connectivity index (χ1v) is 4.20. The van der Waals surface area contributed by atoms with Crippen molar-refractivity contribution in [1.29, 1.82) is 0 Å². The molecule has 12 heavy (non-hydrogen) atoms. The first-order chi connectivity index (χ1) is 5.31. The minimum atomic E-state index is -2.47. The predicted molar refractivity (Wildman–Crippen MR) is 40.0 cm³/mol. The lowest BCUT2D eigenvalue weighted by atomic mass is 9.58. The van der Waals surface area contributed by atoms with E-state index < -0.39 is 16.8 Å². The number of rotatable bonds is 1. The third-order valence-corrected chi connectivity index (χ3v) is 3.52. The summed E-state index contributed by atoms with van der Waals surface area (Å²) in [6.07, 6.45) is 0.785. The normalized spacial score (nSPS) is 48.7. The van der Waals surface area contributed by atoms with E-state index in [2.05, 4.69) is 0 Å². The Balaban J connectivity index is 2.06. The SMILES string of the molecule is CC(=O)C1(C)CC2(C1)CC2(F)F. The molecule has 0 saturated heterocycles. The molecule has 1 spiro atoms. The second kappa shape index (κ2) is 1.73. The van der Waals surface area contributed by atoms with Gasteiger partial charge >= 0.3 is 0 Å². The number of carbonyl (C=O) groups is 1. The molecule has 3 heteroatoms. The molecule has 0 bridgehead atoms. The first-order valence-electron chi connectivity index (χ1n) is 4.20. The first kappa shape index (κ1) is 8.14. The van der Waals surface area contributed by atoms with Gasteiger partial charge in [0.2, 0.25) is 0 Å². The lowest BCUT2D eigenvalue weighted by Crippen LogP contribution is -2.44. The molecule has 0 heterocycles. The second-order valence-electron chi connectivity index (χ2n) is 4.63. The average Bonchev–Trinajstić information content (AvgIpc) is 2.32. The van der Waals surface area contributed by atoms with Gasteiger partial charge in [-0.25, -0.2) is 8.78 Å². The molecule has 1 nitrogen and oxygen atoms in total. The van der Waals surface area contributed by atoms with Crippen LogP contribution < -0.4 is 0 Å². The molecule has 2 saturated carbocycles. The fraction of sp³-hybridized carbons (Fsp3) is 0.889. The van der Waals surface area contributed by atoms with Gasteiger partial charge in [0, 0.05) is 17.3 Å². The Morgan fingerprint density at radius 1 is 1.25 bits per heavy atom. The Kier molecular flexibility index (Phi) is 1.17. The molecule has 0 aromatic carbocycles. The molecular formula is C9H12F2O. The van der Waals surface area contributed by atoms with Crippen molar-refractivity contribution in [2.75, 3.05) is 0 Å². The number of Topliss-reactive ketones (excluding diaryl/α,β-unsaturated/α-hetero) is 1. The van der Waals surface area contributed by atoms with Crippen LogP contribution in [0.25, 0.3) is 0 Å². The molecule has 2 aliphatic rings. The number of alkyl halides is 2. The number of hydrogen-bond acceptors (Lipinski definition) is 1. The van der Waals surface area contributed by atoms with Crippen molar-refractivity contribution in [2.45, 2.75) is 39.0 Å². The van der Waals surface area contributed by atoms with E-state index in [4.69, 9.17) is 0 Å². The zero-order chi connectivity index (χ0) is 9.20. The number of hydrogen-bond donors (Lipinski definition) is 0. The maximum absolute atomic E-state index is 12.7. The fourth-order valence-electron chi connectivity index (χ4n) is 2.46. The van der Waals surface area contributed by atoms with Crippen molar-refractivity contribution in [1.82, 2.24) is 0 Å². The van der Waals surface area contributed by atoms with Gasteiger partial charge in [0.1, 0.15) is 5.78 Å². The van der Waals surface area contributed by atoms with Crippen LogP contribution in [0.15, 0.2) is 0 Å². The Labute approximate surface area is 70.1 Å². The second-order valence-corrected chi connectivity index (χ2v) is 4.63. The van der Waals surface area contributed by atoms with Crippen molar-refractivity contribution in [3.05, 3.63) is 0 Å². The van der Waals surface area contributed by atoms with E-state index >= 15 is 0 Å². The maximum Gasteiger partial charge on any atom is 0.254 e. The van der Waals surface area contributed by atoms with Crippen LogP contribution in [0.4, 0.5) is 8.78 Å². The summed E-state index contributed by atoms with van der Waals surface area (Å²) in [5, 5.41) is 0. The zero-order valence-electron chi connectivity index (χ0n) is 7.29. The van der Waals surface area contributed by atoms with E-state index in [1.165, 1.54) is 6.92 Å². The van der Waals surface area contributed by atoms with Gasteiger partial charge < -0.3 is 0 Å². The predicted octanol–water partition coefficient (Wildman–Crippen LogP) is 2.40. The summed E-state index contributed by atoms with van der Waals surface area (Å²) in [6.45, 7) is 3.28. The summed E-state index contributed by atoms with van der Waals surface area (Å²) in [5.41, 5.74) is -1.21. The van der Waals surface area contributed by atoms with Gasteiger partial charge in [-0.1, -0.05) is 6.92 Å². The molecule has 2 rings (SSSR count). The highest BCUT2D eigenvalue weighted by atomic mass is 19.3. The summed E-state index contributed by atoms with van der Waals surface area (Å²) in [7, 11) is 0. The molecule has 2 fully saturated rings. The van der Waals surface area contributed by atoms with Crippen LogP contribution in [0.1, 0.15) is 33.1 Å². The van der Waals surface area contributed by atoms with E-state index in [0.717, 1.165) is 0 Å². The van der Waals surface area contributed by atoms with Crippen LogP contribution in [0.2, 0.25) is 0 Å². The topological polar surface area (TPSA) is 17.1 Å². The van der Waals surface area contributed by atoms with Crippen molar-refractivity contribution >= 4 is 5.78 Å². The van der Waals surface area contributed by atoms with Crippen LogP contribution in [0.3, 0.4) is 0 Å². The van der Waals surface area contributed by atoms with Crippen molar-refractivity contribution in [3.63, 3.8) is 0 Å². The van der Waals surface area contributed by atoms with Gasteiger partial charge in [-0.15, -0.1) is 0 Å². The van der Waals surface area contributed by atoms with E-state index in [-0.39, 0.29) is 12.2 Å². The molecule has 0 atom stereocenters. The molecule has 0 aliphatic heterocycles. The summed E-state index contributed by atoms with van der Waals surface area (Å²) in [4.78, 5) is 11.0. The van der Waals surface area contributed by atoms with Crippen LogP contribution >= 0.6 is 0 Å². The highest BCUT2D eigenvalue weighted by molar-refractivity contribution is 5.83. The van der Waals surface area contributed by atoms with E-state index in [0.29, 0.717) is 12.8 Å². The Hall–Kier alpha value is -0.470. The molecule has 0 aromatic rings. The molecule has 0 radical (unpaired) electrons. The highest BCUT2D eigenvalue weighted by Gasteiger charge is 2.78. The van der Waals surface area contributed by atoms with E-state index in [1.54, 1.807) is 6.92 Å². The smallest absolute Gasteiger partial charge is 0.254 e. The minimum Gasteiger partial charge on any atom is -0.299 e. The van der Waals surface area contributed by atoms with Gasteiger partial charge in [-0.3, -0.25) is 4.79 Å². The Morgan fingerprint density at radius 3 is 1.92 bits per heavy atom. The van der Waals surface area contributed by atoms with Crippen molar-refractivity contribution < 1.29 is 13.6 Å². The lowest BCUT2D eigenvalue weighted by molar-refractivity contribution is -0.138. The highest BCUT2D eigenvalue weighted by Crippen LogP contribution is 2.76. The third kappa shape index (κ3) is 0.744.